The van der Waals surface area contributed by atoms with Gasteiger partial charge in [-0.15, -0.1) is 0 Å². The Balaban J connectivity index is 2.63. The van der Waals surface area contributed by atoms with E-state index in [9.17, 15) is 13.5 Å². The lowest BCUT2D eigenvalue weighted by molar-refractivity contribution is 0.0163. The fourth-order valence-electron chi connectivity index (χ4n) is 3.03. The summed E-state index contributed by atoms with van der Waals surface area (Å²) in [6, 6.07) is 0.106. The van der Waals surface area contributed by atoms with Crippen LogP contribution >= 0.6 is 0 Å². The van der Waals surface area contributed by atoms with E-state index in [1.807, 2.05) is 27.7 Å². The van der Waals surface area contributed by atoms with Crippen LogP contribution in [0.25, 0.3) is 0 Å². The zero-order valence-electron chi connectivity index (χ0n) is 14.1. The second-order valence-corrected chi connectivity index (χ2v) is 9.13. The summed E-state index contributed by atoms with van der Waals surface area (Å²) < 4.78 is 29.0. The van der Waals surface area contributed by atoms with E-state index in [-0.39, 0.29) is 18.5 Å². The highest BCUT2D eigenvalue weighted by Crippen LogP contribution is 2.26. The number of hydrogen-bond donors (Lipinski definition) is 2. The Labute approximate surface area is 130 Å². The molecule has 0 spiro atoms. The Morgan fingerprint density at radius 2 is 1.76 bits per heavy atom. The van der Waals surface area contributed by atoms with Crippen LogP contribution in [0.5, 0.6) is 0 Å². The molecule has 0 aromatic carbocycles. The number of rotatable bonds is 7. The second kappa shape index (κ2) is 7.40. The fraction of sp³-hybridized carbons (Fsp3) is 1.00. The highest BCUT2D eigenvalue weighted by Gasteiger charge is 2.33. The van der Waals surface area contributed by atoms with Crippen molar-refractivity contribution in [2.75, 3.05) is 13.6 Å². The Morgan fingerprint density at radius 1 is 1.24 bits per heavy atom. The third kappa shape index (κ3) is 5.20. The summed E-state index contributed by atoms with van der Waals surface area (Å²) in [5, 5.41) is 10.2. The molecule has 0 aliphatic heterocycles. The molecule has 0 aromatic heterocycles. The lowest BCUT2D eigenvalue weighted by Crippen LogP contribution is -2.49. The van der Waals surface area contributed by atoms with Crippen molar-refractivity contribution in [1.82, 2.24) is 9.03 Å². The number of aliphatic hydroxyl groups excluding tert-OH is 1. The quantitative estimate of drug-likeness (QED) is 0.755. The molecule has 1 fully saturated rings. The van der Waals surface area contributed by atoms with Gasteiger partial charge in [0.2, 0.25) is 0 Å². The molecule has 21 heavy (non-hydrogen) atoms. The lowest BCUT2D eigenvalue weighted by Gasteiger charge is -2.35. The zero-order valence-corrected chi connectivity index (χ0v) is 14.9. The second-order valence-electron chi connectivity index (χ2n) is 7.31. The predicted octanol–water partition coefficient (Wildman–Crippen LogP) is 2.13. The topological polar surface area (TPSA) is 69.6 Å². The zero-order chi connectivity index (χ0) is 16.3. The minimum Gasteiger partial charge on any atom is -0.392 e. The molecular weight excluding hydrogens is 288 g/mol. The van der Waals surface area contributed by atoms with Crippen molar-refractivity contribution < 1.29 is 13.5 Å². The lowest BCUT2D eigenvalue weighted by atomic mass is 9.81. The maximum absolute atomic E-state index is 12.4. The van der Waals surface area contributed by atoms with Gasteiger partial charge in [0.05, 0.1) is 6.10 Å². The minimum absolute atomic E-state index is 0.0978. The average Bonchev–Trinajstić information content (AvgIpc) is 2.44. The van der Waals surface area contributed by atoms with Gasteiger partial charge in [0.25, 0.3) is 10.2 Å². The largest absolute Gasteiger partial charge is 0.392 e. The summed E-state index contributed by atoms with van der Waals surface area (Å²) in [5.74, 6) is 0.0978. The van der Waals surface area contributed by atoms with Crippen molar-refractivity contribution in [1.29, 1.82) is 0 Å². The smallest absolute Gasteiger partial charge is 0.279 e. The van der Waals surface area contributed by atoms with Gasteiger partial charge in [-0.3, -0.25) is 0 Å². The molecule has 1 aliphatic carbocycles. The number of hydrogen-bond acceptors (Lipinski definition) is 3. The first kappa shape index (κ1) is 18.9. The van der Waals surface area contributed by atoms with Crippen molar-refractivity contribution >= 4 is 10.2 Å². The summed E-state index contributed by atoms with van der Waals surface area (Å²) in [5.41, 5.74) is -0.491. The van der Waals surface area contributed by atoms with Gasteiger partial charge < -0.3 is 5.11 Å². The molecule has 0 heterocycles. The Morgan fingerprint density at radius 3 is 2.24 bits per heavy atom. The Kier molecular flexibility index (Phi) is 6.65. The van der Waals surface area contributed by atoms with E-state index in [1.165, 1.54) is 10.7 Å². The molecule has 1 saturated carbocycles. The fourth-order valence-corrected chi connectivity index (χ4v) is 4.39. The number of aliphatic hydroxyl groups is 1. The van der Waals surface area contributed by atoms with E-state index in [4.69, 9.17) is 0 Å². The van der Waals surface area contributed by atoms with Gasteiger partial charge in [0, 0.05) is 25.0 Å². The van der Waals surface area contributed by atoms with E-state index >= 15 is 0 Å². The van der Waals surface area contributed by atoms with Gasteiger partial charge in [-0.1, -0.05) is 47.0 Å². The third-order valence-corrected chi connectivity index (χ3v) is 6.18. The van der Waals surface area contributed by atoms with Gasteiger partial charge >= 0.3 is 0 Å². The van der Waals surface area contributed by atoms with Crippen molar-refractivity contribution in [2.24, 2.45) is 11.3 Å². The molecule has 1 rings (SSSR count). The van der Waals surface area contributed by atoms with Crippen molar-refractivity contribution in [3.05, 3.63) is 0 Å². The van der Waals surface area contributed by atoms with Crippen LogP contribution in [0, 0.1) is 11.3 Å². The van der Waals surface area contributed by atoms with E-state index < -0.39 is 21.7 Å². The normalized spacial score (nSPS) is 20.2. The first-order valence-corrected chi connectivity index (χ1v) is 9.42. The maximum atomic E-state index is 12.4. The van der Waals surface area contributed by atoms with Crippen LogP contribution in [0.2, 0.25) is 0 Å². The summed E-state index contributed by atoms with van der Waals surface area (Å²) in [6.45, 7) is 7.90. The van der Waals surface area contributed by atoms with Gasteiger partial charge in [-0.05, 0) is 18.8 Å². The van der Waals surface area contributed by atoms with Crippen molar-refractivity contribution in [3.8, 4) is 0 Å². The summed E-state index contributed by atoms with van der Waals surface area (Å²) in [6.07, 6.45) is 4.74. The highest BCUT2D eigenvalue weighted by molar-refractivity contribution is 7.87. The van der Waals surface area contributed by atoms with Gasteiger partial charge in [-0.2, -0.15) is 12.7 Å². The Hall–Kier alpha value is -0.170. The maximum Gasteiger partial charge on any atom is 0.279 e. The molecule has 6 heteroatoms. The molecule has 0 saturated heterocycles. The van der Waals surface area contributed by atoms with E-state index in [2.05, 4.69) is 4.72 Å². The van der Waals surface area contributed by atoms with Crippen LogP contribution in [0.3, 0.4) is 0 Å². The van der Waals surface area contributed by atoms with Crippen LogP contribution in [0.1, 0.15) is 59.8 Å². The molecule has 126 valence electrons. The predicted molar refractivity (Wildman–Crippen MR) is 86.2 cm³/mol. The van der Waals surface area contributed by atoms with E-state index in [0.717, 1.165) is 25.7 Å². The number of nitrogens with one attached hydrogen (secondary N) is 1. The standard InChI is InChI=1S/C15H32N2O3S/c1-12(2)14(18)15(3,4)11-16-21(19,20)17(5)13-9-7-6-8-10-13/h12-14,16,18H,6-11H2,1-5H3. The van der Waals surface area contributed by atoms with Crippen LogP contribution in [-0.4, -0.2) is 43.6 Å². The number of nitrogens with zero attached hydrogens (tertiary/aromatic N) is 1. The molecule has 1 aliphatic rings. The Bertz CT molecular complexity index is 415. The average molecular weight is 320 g/mol. The monoisotopic (exact) mass is 320 g/mol. The SMILES string of the molecule is CC(C)C(O)C(C)(C)CNS(=O)(=O)N(C)C1CCCCC1. The molecule has 0 radical (unpaired) electrons. The third-order valence-electron chi connectivity index (χ3n) is 4.61. The van der Waals surface area contributed by atoms with E-state index in [0.29, 0.717) is 0 Å². The summed E-state index contributed by atoms with van der Waals surface area (Å²) >= 11 is 0. The summed E-state index contributed by atoms with van der Waals surface area (Å²) in [7, 11) is -1.82. The molecule has 0 bridgehead atoms. The van der Waals surface area contributed by atoms with Crippen LogP contribution < -0.4 is 4.72 Å². The minimum atomic E-state index is -3.48. The highest BCUT2D eigenvalue weighted by atomic mass is 32.2. The summed E-state index contributed by atoms with van der Waals surface area (Å²) in [4.78, 5) is 0. The van der Waals surface area contributed by atoms with Crippen molar-refractivity contribution in [3.63, 3.8) is 0 Å². The van der Waals surface area contributed by atoms with Gasteiger partial charge in [-0.25, -0.2) is 4.72 Å². The molecule has 1 unspecified atom stereocenters. The van der Waals surface area contributed by atoms with Crippen LogP contribution in [0.15, 0.2) is 0 Å². The van der Waals surface area contributed by atoms with Gasteiger partial charge in [0.1, 0.15) is 0 Å². The first-order valence-electron chi connectivity index (χ1n) is 7.98. The molecule has 1 atom stereocenters. The van der Waals surface area contributed by atoms with Crippen LogP contribution in [-0.2, 0) is 10.2 Å². The van der Waals surface area contributed by atoms with Gasteiger partial charge in [0.15, 0.2) is 0 Å². The molecule has 0 aromatic rings. The molecule has 0 amide bonds. The van der Waals surface area contributed by atoms with E-state index in [1.54, 1.807) is 7.05 Å². The molecule has 2 N–H and O–H groups in total. The molecular formula is C15H32N2O3S. The molecule has 5 nitrogen and oxygen atoms in total. The first-order chi connectivity index (χ1) is 9.58. The van der Waals surface area contributed by atoms with Crippen LogP contribution in [0.4, 0.5) is 0 Å². The van der Waals surface area contributed by atoms with Crippen molar-refractivity contribution in [2.45, 2.75) is 71.9 Å².